The summed E-state index contributed by atoms with van der Waals surface area (Å²) in [5, 5.41) is 0.579. The molecule has 0 radical (unpaired) electrons. The van der Waals surface area contributed by atoms with E-state index in [9.17, 15) is 18.0 Å². The van der Waals surface area contributed by atoms with E-state index < -0.39 is 23.9 Å². The topological polar surface area (TPSA) is 45.8 Å². The van der Waals surface area contributed by atoms with Crippen molar-refractivity contribution in [2.45, 2.75) is 17.9 Å². The molecule has 1 heterocycles. The molecule has 0 amide bonds. The van der Waals surface area contributed by atoms with E-state index in [4.69, 9.17) is 0 Å². The SMILES string of the molecule is O=c1[nH]c2cc(CBr)ccc2nc1C(F)C(F)F. The largest absolute Gasteiger partial charge is 0.319 e. The Balaban J connectivity index is 2.59. The number of alkyl halides is 4. The van der Waals surface area contributed by atoms with Crippen molar-refractivity contribution in [1.82, 2.24) is 9.97 Å². The van der Waals surface area contributed by atoms with Crippen LogP contribution in [-0.2, 0) is 5.33 Å². The highest BCUT2D eigenvalue weighted by atomic mass is 79.9. The molecule has 1 unspecified atom stereocenters. The monoisotopic (exact) mass is 320 g/mol. The fraction of sp³-hybridized carbons (Fsp3) is 0.273. The number of rotatable bonds is 3. The van der Waals surface area contributed by atoms with E-state index in [1.54, 1.807) is 18.2 Å². The van der Waals surface area contributed by atoms with Gasteiger partial charge in [-0.25, -0.2) is 18.2 Å². The lowest BCUT2D eigenvalue weighted by molar-refractivity contribution is 0.0466. The second-order valence-corrected chi connectivity index (χ2v) is 4.23. The van der Waals surface area contributed by atoms with Gasteiger partial charge in [0, 0.05) is 5.33 Å². The molecule has 2 aromatic rings. The van der Waals surface area contributed by atoms with E-state index in [-0.39, 0.29) is 5.52 Å². The van der Waals surface area contributed by atoms with Gasteiger partial charge in [0.15, 0.2) is 0 Å². The quantitative estimate of drug-likeness (QED) is 0.883. The zero-order valence-corrected chi connectivity index (χ0v) is 10.5. The van der Waals surface area contributed by atoms with E-state index in [2.05, 4.69) is 25.9 Å². The number of benzene rings is 1. The van der Waals surface area contributed by atoms with Crippen LogP contribution in [0.2, 0.25) is 0 Å². The van der Waals surface area contributed by atoms with Crippen LogP contribution < -0.4 is 5.56 Å². The van der Waals surface area contributed by atoms with Crippen LogP contribution in [0.3, 0.4) is 0 Å². The molecule has 1 aromatic carbocycles. The Hall–Kier alpha value is -1.37. The fourth-order valence-electron chi connectivity index (χ4n) is 1.54. The van der Waals surface area contributed by atoms with E-state index in [1.807, 2.05) is 0 Å². The molecule has 0 fully saturated rings. The highest BCUT2D eigenvalue weighted by Crippen LogP contribution is 2.22. The van der Waals surface area contributed by atoms with Gasteiger partial charge in [0.05, 0.1) is 11.0 Å². The summed E-state index contributed by atoms with van der Waals surface area (Å²) in [5.74, 6) is 0. The van der Waals surface area contributed by atoms with E-state index >= 15 is 0 Å². The predicted molar refractivity (Wildman–Crippen MR) is 64.8 cm³/mol. The van der Waals surface area contributed by atoms with Crippen molar-refractivity contribution in [2.75, 3.05) is 0 Å². The molecule has 0 saturated heterocycles. The summed E-state index contributed by atoms with van der Waals surface area (Å²) in [6.45, 7) is 0. The lowest BCUT2D eigenvalue weighted by Gasteiger charge is -2.07. The van der Waals surface area contributed by atoms with E-state index in [1.165, 1.54) is 0 Å². The molecule has 0 aliphatic carbocycles. The first-order valence-corrected chi connectivity index (χ1v) is 6.16. The minimum absolute atomic E-state index is 0.276. The number of halogens is 4. The summed E-state index contributed by atoms with van der Waals surface area (Å²) < 4.78 is 37.6. The van der Waals surface area contributed by atoms with Crippen molar-refractivity contribution in [3.63, 3.8) is 0 Å². The number of nitrogens with zero attached hydrogens (tertiary/aromatic N) is 1. The summed E-state index contributed by atoms with van der Waals surface area (Å²) in [6.07, 6.45) is -5.94. The highest BCUT2D eigenvalue weighted by molar-refractivity contribution is 9.08. The van der Waals surface area contributed by atoms with Crippen LogP contribution in [0.25, 0.3) is 11.0 Å². The number of hydrogen-bond donors (Lipinski definition) is 1. The second kappa shape index (κ2) is 5.09. The minimum Gasteiger partial charge on any atom is -0.319 e. The lowest BCUT2D eigenvalue weighted by atomic mass is 10.2. The number of fused-ring (bicyclic) bond motifs is 1. The van der Waals surface area contributed by atoms with Gasteiger partial charge in [-0.2, -0.15) is 0 Å². The molecule has 1 N–H and O–H groups in total. The first-order chi connectivity index (χ1) is 8.52. The Labute approximate surface area is 108 Å². The Kier molecular flexibility index (Phi) is 3.70. The number of H-pyrrole nitrogens is 1. The van der Waals surface area contributed by atoms with E-state index in [0.717, 1.165) is 5.56 Å². The smallest absolute Gasteiger partial charge is 0.275 e. The first kappa shape index (κ1) is 13.1. The maximum Gasteiger partial charge on any atom is 0.275 e. The van der Waals surface area contributed by atoms with Crippen LogP contribution in [0, 0.1) is 0 Å². The molecule has 0 aliphatic rings. The normalized spacial score (nSPS) is 13.2. The zero-order valence-electron chi connectivity index (χ0n) is 8.96. The van der Waals surface area contributed by atoms with Gasteiger partial charge >= 0.3 is 0 Å². The molecule has 7 heteroatoms. The van der Waals surface area contributed by atoms with Crippen molar-refractivity contribution in [1.29, 1.82) is 0 Å². The van der Waals surface area contributed by atoms with Crippen molar-refractivity contribution < 1.29 is 13.2 Å². The fourth-order valence-corrected chi connectivity index (χ4v) is 1.89. The molecular weight excluding hydrogens is 313 g/mol. The first-order valence-electron chi connectivity index (χ1n) is 5.04. The number of aromatic amines is 1. The summed E-state index contributed by atoms with van der Waals surface area (Å²) in [6, 6.07) is 4.91. The molecule has 96 valence electrons. The highest BCUT2D eigenvalue weighted by Gasteiger charge is 2.26. The average molecular weight is 321 g/mol. The maximum absolute atomic E-state index is 13.2. The van der Waals surface area contributed by atoms with Crippen LogP contribution in [0.4, 0.5) is 13.2 Å². The average Bonchev–Trinajstić information content (AvgIpc) is 2.36. The third-order valence-electron chi connectivity index (χ3n) is 2.42. The predicted octanol–water partition coefficient (Wildman–Crippen LogP) is 3.09. The van der Waals surface area contributed by atoms with E-state index in [0.29, 0.717) is 10.8 Å². The van der Waals surface area contributed by atoms with Crippen molar-refractivity contribution in [2.24, 2.45) is 0 Å². The van der Waals surface area contributed by atoms with Crippen LogP contribution in [0.1, 0.15) is 17.4 Å². The molecular formula is C11H8BrF3N2O. The molecule has 0 spiro atoms. The van der Waals surface area contributed by atoms with Crippen molar-refractivity contribution >= 4 is 27.0 Å². The summed E-state index contributed by atoms with van der Waals surface area (Å²) in [5.41, 5.74) is -0.163. The standard InChI is InChI=1S/C11H8BrF3N2O/c12-4-5-1-2-6-7(3-5)17-11(18)9(16-6)8(13)10(14)15/h1-3,8,10H,4H2,(H,17,18). The molecule has 1 atom stereocenters. The van der Waals surface area contributed by atoms with Gasteiger partial charge in [0.1, 0.15) is 5.69 Å². The third-order valence-corrected chi connectivity index (χ3v) is 3.07. The molecule has 2 rings (SSSR count). The van der Waals surface area contributed by atoms with Gasteiger partial charge in [-0.05, 0) is 17.7 Å². The van der Waals surface area contributed by atoms with Gasteiger partial charge < -0.3 is 4.98 Å². The molecule has 18 heavy (non-hydrogen) atoms. The summed E-state index contributed by atoms with van der Waals surface area (Å²) in [7, 11) is 0. The molecule has 3 nitrogen and oxygen atoms in total. The van der Waals surface area contributed by atoms with Gasteiger partial charge in [-0.15, -0.1) is 0 Å². The Morgan fingerprint density at radius 1 is 1.33 bits per heavy atom. The Morgan fingerprint density at radius 2 is 2.06 bits per heavy atom. The molecule has 0 saturated carbocycles. The van der Waals surface area contributed by atoms with Crippen molar-refractivity contribution in [3.05, 3.63) is 39.8 Å². The number of nitrogens with one attached hydrogen (secondary N) is 1. The van der Waals surface area contributed by atoms with Crippen LogP contribution in [-0.4, -0.2) is 16.4 Å². The van der Waals surface area contributed by atoms with Gasteiger partial charge in [0.25, 0.3) is 12.0 Å². The third kappa shape index (κ3) is 2.40. The number of aromatic nitrogens is 2. The zero-order chi connectivity index (χ0) is 13.3. The maximum atomic E-state index is 13.2. The summed E-state index contributed by atoms with van der Waals surface area (Å²) in [4.78, 5) is 17.5. The van der Waals surface area contributed by atoms with Gasteiger partial charge in [0.2, 0.25) is 6.17 Å². The lowest BCUT2D eigenvalue weighted by Crippen LogP contribution is -2.20. The molecule has 0 bridgehead atoms. The van der Waals surface area contributed by atoms with Gasteiger partial charge in [-0.3, -0.25) is 4.79 Å². The van der Waals surface area contributed by atoms with Crippen molar-refractivity contribution in [3.8, 4) is 0 Å². The Bertz CT molecular complexity index is 629. The molecule has 1 aromatic heterocycles. The molecule has 0 aliphatic heterocycles. The van der Waals surface area contributed by atoms with Crippen LogP contribution in [0.15, 0.2) is 23.0 Å². The van der Waals surface area contributed by atoms with Crippen LogP contribution >= 0.6 is 15.9 Å². The van der Waals surface area contributed by atoms with Crippen LogP contribution in [0.5, 0.6) is 0 Å². The summed E-state index contributed by atoms with van der Waals surface area (Å²) >= 11 is 3.25. The van der Waals surface area contributed by atoms with Gasteiger partial charge in [-0.1, -0.05) is 22.0 Å². The Morgan fingerprint density at radius 3 is 2.67 bits per heavy atom. The second-order valence-electron chi connectivity index (χ2n) is 3.67. The number of hydrogen-bond acceptors (Lipinski definition) is 2. The minimum atomic E-state index is -3.27.